The van der Waals surface area contributed by atoms with Crippen molar-refractivity contribution >= 4 is 52.3 Å². The molecule has 1 aliphatic carbocycles. The molecule has 23 nitrogen and oxygen atoms in total. The second-order valence-corrected chi connectivity index (χ2v) is 27.1. The summed E-state index contributed by atoms with van der Waals surface area (Å²) in [4.78, 5) is 99.9. The lowest BCUT2D eigenvalue weighted by Crippen LogP contribution is -2.61. The number of anilines is 2. The summed E-state index contributed by atoms with van der Waals surface area (Å²) in [6.07, 6.45) is 14.4. The average Bonchev–Trinajstić information content (AvgIpc) is 1.77. The molecule has 4 fully saturated rings. The number of carbonyl (C=O) groups is 5. The van der Waals surface area contributed by atoms with Gasteiger partial charge in [-0.2, -0.15) is 4.98 Å². The molecule has 7 heterocycles. The van der Waals surface area contributed by atoms with Crippen molar-refractivity contribution < 1.29 is 67.7 Å². The summed E-state index contributed by atoms with van der Waals surface area (Å²) in [7, 11) is 2.94. The Morgan fingerprint density at radius 2 is 1.57 bits per heavy atom. The minimum Gasteiger partial charge on any atom is -0.460 e. The number of allylic oxidation sites excluding steroid dienone is 6. The Bertz CT molecular complexity index is 3160. The van der Waals surface area contributed by atoms with Crippen molar-refractivity contribution in [3.63, 3.8) is 0 Å². The number of fused-ring (bicyclic) bond motifs is 4. The van der Waals surface area contributed by atoms with Crippen LogP contribution >= 0.6 is 0 Å². The van der Waals surface area contributed by atoms with Crippen LogP contribution < -0.4 is 10.2 Å². The lowest BCUT2D eigenvalue weighted by molar-refractivity contribution is -0.266. The van der Waals surface area contributed by atoms with Crippen LogP contribution in [0.5, 0.6) is 0 Å². The van der Waals surface area contributed by atoms with E-state index in [1.165, 1.54) is 12.0 Å². The number of morpholine rings is 1. The number of aromatic nitrogens is 6. The van der Waals surface area contributed by atoms with E-state index in [9.17, 15) is 39.3 Å². The zero-order valence-electron chi connectivity index (χ0n) is 56.8. The van der Waals surface area contributed by atoms with Crippen LogP contribution in [-0.2, 0) is 52.4 Å². The fraction of sp³-hybridized carbons (Fsp3) is 0.686. The van der Waals surface area contributed by atoms with E-state index in [0.29, 0.717) is 138 Å². The van der Waals surface area contributed by atoms with Crippen LogP contribution in [0.2, 0.25) is 0 Å². The Hall–Kier alpha value is -6.18. The zero-order chi connectivity index (χ0) is 67.3. The zero-order valence-corrected chi connectivity index (χ0v) is 56.8. The number of ketones is 3. The molecule has 0 spiro atoms. The van der Waals surface area contributed by atoms with Gasteiger partial charge in [-0.1, -0.05) is 71.1 Å². The number of piperidine rings is 1. The van der Waals surface area contributed by atoms with Gasteiger partial charge in [0, 0.05) is 102 Å². The second kappa shape index (κ2) is 33.5. The van der Waals surface area contributed by atoms with Crippen LogP contribution in [-0.4, -0.2) is 194 Å². The maximum Gasteiger partial charge on any atom is 0.329 e. The van der Waals surface area contributed by atoms with Gasteiger partial charge in [-0.3, -0.25) is 19.2 Å². The monoisotopic (exact) mass is 1290 g/mol. The first-order valence-electron chi connectivity index (χ1n) is 33.8. The number of methoxy groups -OCH3 is 2. The molecule has 93 heavy (non-hydrogen) atoms. The van der Waals surface area contributed by atoms with Gasteiger partial charge in [-0.05, 0) is 134 Å². The van der Waals surface area contributed by atoms with E-state index in [1.807, 2.05) is 65.0 Å². The van der Waals surface area contributed by atoms with Gasteiger partial charge in [0.2, 0.25) is 17.7 Å². The van der Waals surface area contributed by atoms with E-state index in [1.54, 1.807) is 46.4 Å². The number of imidazole rings is 1. The molecule has 4 aliphatic heterocycles. The number of aliphatic hydroxyl groups excluding tert-OH is 2. The summed E-state index contributed by atoms with van der Waals surface area (Å²) in [6, 6.07) is -1.07. The van der Waals surface area contributed by atoms with Crippen LogP contribution in [0.25, 0.3) is 22.4 Å². The van der Waals surface area contributed by atoms with E-state index in [2.05, 4.69) is 38.6 Å². The summed E-state index contributed by atoms with van der Waals surface area (Å²) in [5.41, 5.74) is 3.97. The van der Waals surface area contributed by atoms with Gasteiger partial charge in [-0.15, -0.1) is 0 Å². The summed E-state index contributed by atoms with van der Waals surface area (Å²) >= 11 is 0. The van der Waals surface area contributed by atoms with Crippen molar-refractivity contribution in [3.05, 3.63) is 65.8 Å². The van der Waals surface area contributed by atoms with E-state index in [4.69, 9.17) is 43.4 Å². The van der Waals surface area contributed by atoms with Crippen LogP contribution in [0, 0.1) is 42.4 Å². The van der Waals surface area contributed by atoms with Crippen molar-refractivity contribution in [2.45, 2.75) is 213 Å². The molecule has 3 aromatic heterocycles. The number of rotatable bonds is 14. The molecule has 8 rings (SSSR count). The summed E-state index contributed by atoms with van der Waals surface area (Å²) in [5.74, 6) is -6.59. The van der Waals surface area contributed by atoms with Crippen molar-refractivity contribution in [1.29, 1.82) is 0 Å². The highest BCUT2D eigenvalue weighted by molar-refractivity contribution is 6.39. The topological polar surface area (TPSA) is 289 Å². The smallest absolute Gasteiger partial charge is 0.329 e. The van der Waals surface area contributed by atoms with Crippen molar-refractivity contribution in [2.24, 2.45) is 35.5 Å². The maximum absolute atomic E-state index is 14.7. The van der Waals surface area contributed by atoms with Gasteiger partial charge in [0.05, 0.1) is 37.6 Å². The Balaban J connectivity index is 1.01. The minimum absolute atomic E-state index is 0.0369. The standard InChI is InChI=1S/C70H103N9O14/c1-41(2)79-49(10)74-60-59(75-69(76-65(60)79)77-28-31-90-32-29-77)51-39-72-68(73-40-51)71-26-18-30-91-56-37-52-24-22-48(9)70(87,93-52)64(84)66(85)78-27-17-16-21-53(78)67(86)92-57(45(6)35-50-23-25-54(80)58(36-50)88-11)38-55(81)44(5)34-47(8)62(83)63(89-12)61(82)46(7)33-42(3)19-14-13-15-20-43(56)4/h13-15,19-20,34,39-42,44-46,48,50,52-54,56-58,62-63,80,83,87H,16-18,21-33,35-38H2,1-12H3,(H,71,72,73)/b15-13+,19-14+,43-20-,47-34+/t42-,44-,45?,46-,48-,50-,52+,53+,54-,56-,57+,58-,62-,63+,70-/m1/s1. The number of hydrogen-bond donors (Lipinski definition) is 4. The fourth-order valence-corrected chi connectivity index (χ4v) is 13.9. The number of cyclic esters (lactones) is 1. The lowest BCUT2D eigenvalue weighted by Gasteiger charge is -2.43. The highest BCUT2D eigenvalue weighted by Crippen LogP contribution is 2.39. The molecule has 15 atom stereocenters. The predicted octanol–water partition coefficient (Wildman–Crippen LogP) is 8.38. The molecule has 1 amide bonds. The van der Waals surface area contributed by atoms with Gasteiger partial charge in [0.1, 0.15) is 47.2 Å². The first-order chi connectivity index (χ1) is 44.4. The molecule has 1 saturated carbocycles. The number of Topliss-reactive ketones (excluding diaryl/α,β-unsaturated/α-hetero) is 3. The van der Waals surface area contributed by atoms with Crippen LogP contribution in [0.3, 0.4) is 0 Å². The van der Waals surface area contributed by atoms with Crippen LogP contribution in [0.15, 0.2) is 60.0 Å². The number of aliphatic hydroxyl groups is 3. The first kappa shape index (κ1) is 72.6. The quantitative estimate of drug-likeness (QED) is 0.0510. The lowest BCUT2D eigenvalue weighted by atomic mass is 9.78. The molecule has 0 aromatic carbocycles. The molecule has 1 unspecified atom stereocenters. The molecule has 4 N–H and O–H groups in total. The normalized spacial score (nSPS) is 32.9. The molecule has 5 aliphatic rings. The Morgan fingerprint density at radius 3 is 2.28 bits per heavy atom. The summed E-state index contributed by atoms with van der Waals surface area (Å²) < 4.78 is 38.4. The van der Waals surface area contributed by atoms with E-state index in [-0.39, 0.29) is 67.3 Å². The number of ether oxygens (including phenoxy) is 6. The van der Waals surface area contributed by atoms with E-state index in [0.717, 1.165) is 17.0 Å². The molecule has 512 valence electrons. The summed E-state index contributed by atoms with van der Waals surface area (Å²) in [5, 5.41) is 38.0. The van der Waals surface area contributed by atoms with Crippen molar-refractivity contribution in [3.8, 4) is 11.3 Å². The Morgan fingerprint density at radius 1 is 0.828 bits per heavy atom. The van der Waals surface area contributed by atoms with Crippen molar-refractivity contribution in [1.82, 2.24) is 34.4 Å². The molecule has 3 saturated heterocycles. The predicted molar refractivity (Wildman–Crippen MR) is 352 cm³/mol. The molecule has 3 aromatic rings. The molecule has 2 bridgehead atoms. The van der Waals surface area contributed by atoms with Crippen LogP contribution in [0.4, 0.5) is 11.9 Å². The van der Waals surface area contributed by atoms with Crippen molar-refractivity contribution in [2.75, 3.05) is 70.4 Å². The third kappa shape index (κ3) is 18.2. The van der Waals surface area contributed by atoms with E-state index < -0.39 is 83.9 Å². The third-order valence-corrected chi connectivity index (χ3v) is 19.6. The largest absolute Gasteiger partial charge is 0.460 e. The average molecular weight is 1290 g/mol. The van der Waals surface area contributed by atoms with Gasteiger partial charge in [0.25, 0.3) is 11.7 Å². The number of nitrogens with zero attached hydrogens (tertiary/aromatic N) is 8. The highest BCUT2D eigenvalue weighted by atomic mass is 16.6. The molecular weight excluding hydrogens is 1190 g/mol. The fourth-order valence-electron chi connectivity index (χ4n) is 13.9. The van der Waals surface area contributed by atoms with Gasteiger partial charge in [0.15, 0.2) is 11.4 Å². The minimum atomic E-state index is -2.52. The van der Waals surface area contributed by atoms with Gasteiger partial charge in [-0.25, -0.2) is 24.7 Å². The first-order valence-corrected chi connectivity index (χ1v) is 33.8. The molecule has 23 heteroatoms. The Kier molecular flexibility index (Phi) is 26.1. The van der Waals surface area contributed by atoms with Gasteiger partial charge >= 0.3 is 5.97 Å². The number of aryl methyl sites for hydroxylation is 1. The number of nitrogens with one attached hydrogen (secondary N) is 1. The summed E-state index contributed by atoms with van der Waals surface area (Å²) in [6.45, 7) is 22.2. The molecular formula is C70H103N9O14. The number of carbonyl (C=O) groups excluding carboxylic acids is 5. The number of hydrogen-bond acceptors (Lipinski definition) is 21. The number of amides is 1. The second-order valence-electron chi connectivity index (χ2n) is 27.1. The SMILES string of the molecule is CO[C@@H]1C[C@@H](CC(C)[C@@H]2CC(=O)[C@H](C)/C=C(\C)[C@@H](O)[C@@H](OC)C(=O)[C@H](C)C[C@H](C)/C=C/C=C/C=C(/C)[C@H](OCCCNc3ncc(-c4nc(N5CCOCC5)nc5c4nc(C)n5C(C)C)cn3)C[C@@H]3CC[C@@H](C)[C@@](O)(O3)C(=O)C(=O)N3CCCC[C@H]3C(=O)O2)CC[C@H]1O. The van der Waals surface area contributed by atoms with Gasteiger partial charge < -0.3 is 63.4 Å². The maximum atomic E-state index is 14.7. The van der Waals surface area contributed by atoms with E-state index >= 15 is 0 Å². The third-order valence-electron chi connectivity index (χ3n) is 19.6. The molecule has 0 radical (unpaired) electrons. The Labute approximate surface area is 548 Å². The van der Waals surface area contributed by atoms with Crippen LogP contribution in [0.1, 0.15) is 158 Å². The number of esters is 1. The highest BCUT2D eigenvalue weighted by Gasteiger charge is 2.53.